The van der Waals surface area contributed by atoms with Crippen LogP contribution in [0.4, 0.5) is 5.69 Å². The number of nitrogens with one attached hydrogen (secondary N) is 1. The van der Waals surface area contributed by atoms with Crippen molar-refractivity contribution in [3.05, 3.63) is 71.3 Å². The summed E-state index contributed by atoms with van der Waals surface area (Å²) in [6, 6.07) is 12.9. The number of nitriles is 1. The van der Waals surface area contributed by atoms with Gasteiger partial charge in [0.2, 0.25) is 0 Å². The number of methoxy groups -OCH3 is 1. The van der Waals surface area contributed by atoms with Gasteiger partial charge < -0.3 is 14.8 Å². The summed E-state index contributed by atoms with van der Waals surface area (Å²) in [5.41, 5.74) is 3.20. The number of amides is 1. The topological polar surface area (TPSA) is 71.3 Å². The van der Waals surface area contributed by atoms with Gasteiger partial charge in [0.25, 0.3) is 5.91 Å². The molecule has 1 N–H and O–H groups in total. The minimum atomic E-state index is -0.475. The van der Waals surface area contributed by atoms with Crippen LogP contribution in [0, 0.1) is 25.2 Å². The van der Waals surface area contributed by atoms with E-state index >= 15 is 0 Å². The zero-order valence-electron chi connectivity index (χ0n) is 15.7. The molecule has 2 aromatic rings. The molecule has 0 heterocycles. The first-order valence-electron chi connectivity index (χ1n) is 8.40. The van der Waals surface area contributed by atoms with Crippen LogP contribution in [0.15, 0.2) is 54.6 Å². The molecule has 138 valence electrons. The third-order valence-electron chi connectivity index (χ3n) is 3.88. The monoisotopic (exact) mass is 362 g/mol. The summed E-state index contributed by atoms with van der Waals surface area (Å²) in [6.07, 6.45) is 3.11. The van der Waals surface area contributed by atoms with Gasteiger partial charge in [0.1, 0.15) is 29.7 Å². The molecule has 0 radical (unpaired) electrons. The maximum Gasteiger partial charge on any atom is 0.266 e. The molecule has 5 heteroatoms. The van der Waals surface area contributed by atoms with E-state index in [0.29, 0.717) is 29.4 Å². The Kier molecular flexibility index (Phi) is 6.79. The number of aryl methyl sites for hydroxylation is 2. The van der Waals surface area contributed by atoms with Crippen molar-refractivity contribution in [2.45, 2.75) is 13.8 Å². The van der Waals surface area contributed by atoms with Gasteiger partial charge in [-0.15, -0.1) is 0 Å². The summed E-state index contributed by atoms with van der Waals surface area (Å²) in [5, 5.41) is 12.3. The van der Waals surface area contributed by atoms with E-state index in [4.69, 9.17) is 9.47 Å². The van der Waals surface area contributed by atoms with Crippen LogP contribution >= 0.6 is 0 Å². The van der Waals surface area contributed by atoms with Crippen LogP contribution in [-0.2, 0) is 4.79 Å². The van der Waals surface area contributed by atoms with Gasteiger partial charge in [-0.1, -0.05) is 24.8 Å². The third-order valence-corrected chi connectivity index (χ3v) is 3.88. The second-order valence-electron chi connectivity index (χ2n) is 5.95. The lowest BCUT2D eigenvalue weighted by molar-refractivity contribution is -0.112. The van der Waals surface area contributed by atoms with Crippen molar-refractivity contribution in [2.24, 2.45) is 0 Å². The summed E-state index contributed by atoms with van der Waals surface area (Å²) >= 11 is 0. The molecule has 0 aromatic heterocycles. The lowest BCUT2D eigenvalue weighted by atomic mass is 10.1. The zero-order chi connectivity index (χ0) is 19.8. The molecule has 0 aliphatic rings. The van der Waals surface area contributed by atoms with Crippen molar-refractivity contribution in [2.75, 3.05) is 19.0 Å². The van der Waals surface area contributed by atoms with Crippen molar-refractivity contribution in [3.63, 3.8) is 0 Å². The Bertz CT molecular complexity index is 924. The highest BCUT2D eigenvalue weighted by Gasteiger charge is 2.13. The lowest BCUT2D eigenvalue weighted by Crippen LogP contribution is -2.14. The fraction of sp³-hybridized carbons (Fsp3) is 0.182. The van der Waals surface area contributed by atoms with E-state index in [-0.39, 0.29) is 5.57 Å². The van der Waals surface area contributed by atoms with Crippen LogP contribution in [0.25, 0.3) is 6.08 Å². The number of hydrogen-bond donors (Lipinski definition) is 1. The summed E-state index contributed by atoms with van der Waals surface area (Å²) < 4.78 is 10.8. The van der Waals surface area contributed by atoms with Crippen molar-refractivity contribution in [1.82, 2.24) is 0 Å². The van der Waals surface area contributed by atoms with Crippen molar-refractivity contribution >= 4 is 17.7 Å². The molecule has 0 atom stereocenters. The van der Waals surface area contributed by atoms with Crippen molar-refractivity contribution in [1.29, 1.82) is 5.26 Å². The molecular formula is C22H22N2O3. The van der Waals surface area contributed by atoms with Gasteiger partial charge in [0.05, 0.1) is 7.11 Å². The van der Waals surface area contributed by atoms with E-state index in [1.165, 1.54) is 6.08 Å². The first-order chi connectivity index (χ1) is 13.0. The normalized spacial score (nSPS) is 10.7. The predicted molar refractivity (Wildman–Crippen MR) is 107 cm³/mol. The molecule has 0 spiro atoms. The standard InChI is InChI=1S/C22H22N2O3/c1-5-10-27-21-13-19(26-4)9-8-17(21)12-18(14-23)22(25)24-20-11-15(2)6-7-16(20)3/h5-9,11-13H,1,10H2,2-4H3,(H,24,25)/b18-12+. The molecule has 0 fully saturated rings. The maximum atomic E-state index is 12.6. The van der Waals surface area contributed by atoms with Gasteiger partial charge in [-0.3, -0.25) is 4.79 Å². The fourth-order valence-electron chi connectivity index (χ4n) is 2.40. The lowest BCUT2D eigenvalue weighted by Gasteiger charge is -2.11. The number of hydrogen-bond acceptors (Lipinski definition) is 4. The quantitative estimate of drug-likeness (QED) is 0.449. The Labute approximate surface area is 159 Å². The molecule has 5 nitrogen and oxygen atoms in total. The average Bonchev–Trinajstić information content (AvgIpc) is 2.67. The van der Waals surface area contributed by atoms with Crippen LogP contribution in [0.1, 0.15) is 16.7 Å². The highest BCUT2D eigenvalue weighted by Crippen LogP contribution is 2.27. The van der Waals surface area contributed by atoms with E-state index in [2.05, 4.69) is 11.9 Å². The maximum absolute atomic E-state index is 12.6. The van der Waals surface area contributed by atoms with Gasteiger partial charge >= 0.3 is 0 Å². The first kappa shape index (κ1) is 19.8. The zero-order valence-corrected chi connectivity index (χ0v) is 15.7. The molecule has 27 heavy (non-hydrogen) atoms. The molecule has 0 aliphatic heterocycles. The number of carbonyl (C=O) groups excluding carboxylic acids is 1. The Morgan fingerprint density at radius 1 is 1.26 bits per heavy atom. The SMILES string of the molecule is C=CCOc1cc(OC)ccc1/C=C(\C#N)C(=O)Nc1cc(C)ccc1C. The number of ether oxygens (including phenoxy) is 2. The highest BCUT2D eigenvalue weighted by molar-refractivity contribution is 6.10. The van der Waals surface area contributed by atoms with Crippen LogP contribution in [0.2, 0.25) is 0 Å². The van der Waals surface area contributed by atoms with E-state index in [1.807, 2.05) is 38.1 Å². The number of benzene rings is 2. The Hall–Kier alpha value is -3.52. The second kappa shape index (κ2) is 9.25. The minimum absolute atomic E-state index is 0.0236. The number of nitrogens with zero attached hydrogens (tertiary/aromatic N) is 1. The van der Waals surface area contributed by atoms with Crippen LogP contribution in [-0.4, -0.2) is 19.6 Å². The van der Waals surface area contributed by atoms with E-state index < -0.39 is 5.91 Å². The number of rotatable bonds is 7. The number of anilines is 1. The highest BCUT2D eigenvalue weighted by atomic mass is 16.5. The molecule has 0 unspecified atom stereocenters. The summed E-state index contributed by atoms with van der Waals surface area (Å²) in [7, 11) is 1.56. The Balaban J connectivity index is 2.34. The predicted octanol–water partition coefficient (Wildman–Crippen LogP) is 4.42. The molecule has 2 aromatic carbocycles. The van der Waals surface area contributed by atoms with Gasteiger partial charge in [-0.2, -0.15) is 5.26 Å². The minimum Gasteiger partial charge on any atom is -0.497 e. The molecule has 2 rings (SSSR count). The van der Waals surface area contributed by atoms with Crippen LogP contribution in [0.3, 0.4) is 0 Å². The Morgan fingerprint density at radius 3 is 2.70 bits per heavy atom. The van der Waals surface area contributed by atoms with Crippen LogP contribution < -0.4 is 14.8 Å². The van der Waals surface area contributed by atoms with E-state index in [9.17, 15) is 10.1 Å². The summed E-state index contributed by atoms with van der Waals surface area (Å²) in [4.78, 5) is 12.6. The molecule has 0 bridgehead atoms. The van der Waals surface area contributed by atoms with Crippen molar-refractivity contribution in [3.8, 4) is 17.6 Å². The first-order valence-corrected chi connectivity index (χ1v) is 8.40. The Morgan fingerprint density at radius 2 is 2.04 bits per heavy atom. The van der Waals surface area contributed by atoms with Gasteiger partial charge in [-0.25, -0.2) is 0 Å². The third kappa shape index (κ3) is 5.23. The molecule has 1 amide bonds. The van der Waals surface area contributed by atoms with Gasteiger partial charge in [0, 0.05) is 17.3 Å². The largest absolute Gasteiger partial charge is 0.497 e. The average molecular weight is 362 g/mol. The van der Waals surface area contributed by atoms with Gasteiger partial charge in [0.15, 0.2) is 0 Å². The number of carbonyl (C=O) groups is 1. The molecule has 0 saturated heterocycles. The second-order valence-corrected chi connectivity index (χ2v) is 5.95. The summed E-state index contributed by atoms with van der Waals surface area (Å²) in [5.74, 6) is 0.641. The van der Waals surface area contributed by atoms with Crippen LogP contribution in [0.5, 0.6) is 11.5 Å². The van der Waals surface area contributed by atoms with Crippen molar-refractivity contribution < 1.29 is 14.3 Å². The van der Waals surface area contributed by atoms with Gasteiger partial charge in [-0.05, 0) is 49.2 Å². The smallest absolute Gasteiger partial charge is 0.266 e. The van der Waals surface area contributed by atoms with E-state index in [1.54, 1.807) is 31.4 Å². The van der Waals surface area contributed by atoms with E-state index in [0.717, 1.165) is 11.1 Å². The fourth-order valence-corrected chi connectivity index (χ4v) is 2.40. The summed E-state index contributed by atoms with van der Waals surface area (Å²) in [6.45, 7) is 7.76. The molecular weight excluding hydrogens is 340 g/mol. The molecule has 0 aliphatic carbocycles. The molecule has 0 saturated carbocycles.